The van der Waals surface area contributed by atoms with Crippen LogP contribution in [0.4, 0.5) is 17.3 Å². The van der Waals surface area contributed by atoms with Crippen LogP contribution < -0.4 is 15.8 Å². The van der Waals surface area contributed by atoms with E-state index < -0.39 is 0 Å². The monoisotopic (exact) mass is 468 g/mol. The average Bonchev–Trinajstić information content (AvgIpc) is 3.28. The Kier molecular flexibility index (Phi) is 6.26. The fourth-order valence-electron chi connectivity index (χ4n) is 5.12. The summed E-state index contributed by atoms with van der Waals surface area (Å²) in [5, 5.41) is 4.19. The van der Waals surface area contributed by atoms with Gasteiger partial charge in [-0.1, -0.05) is 31.7 Å². The Morgan fingerprint density at radius 1 is 0.886 bits per heavy atom. The lowest BCUT2D eigenvalue weighted by atomic mass is 10.1. The highest BCUT2D eigenvalue weighted by Gasteiger charge is 2.25. The van der Waals surface area contributed by atoms with E-state index in [0.717, 1.165) is 50.1 Å². The number of nitrogens with zero attached hydrogens (tertiary/aromatic N) is 5. The van der Waals surface area contributed by atoms with Gasteiger partial charge in [-0.25, -0.2) is 4.98 Å². The molecule has 0 spiro atoms. The molecule has 2 aromatic carbocycles. The van der Waals surface area contributed by atoms with Crippen LogP contribution in [0.2, 0.25) is 0 Å². The maximum absolute atomic E-state index is 12.9. The van der Waals surface area contributed by atoms with Crippen molar-refractivity contribution in [2.24, 2.45) is 0 Å². The van der Waals surface area contributed by atoms with Crippen LogP contribution in [-0.2, 0) is 12.8 Å². The number of pyridine rings is 1. The summed E-state index contributed by atoms with van der Waals surface area (Å²) in [4.78, 5) is 27.0. The molecule has 6 rings (SSSR count). The van der Waals surface area contributed by atoms with Crippen LogP contribution in [0.5, 0.6) is 0 Å². The van der Waals surface area contributed by atoms with Crippen LogP contribution in [0.1, 0.15) is 24.6 Å². The van der Waals surface area contributed by atoms with E-state index in [1.807, 2.05) is 10.6 Å². The standard InChI is InChI=1S/C27H28N6O.CH4/c1-31-12-14-32(15-13-31)23-9-7-22(8-10-23)29-27-28-18-21-6-11-25(34)33(26(21)30-27)24-16-19-4-2-3-5-20(19)17-24;/h2-11,18,24H,12-17H2,1H3,(H,28,29,30);1H4. The highest BCUT2D eigenvalue weighted by molar-refractivity contribution is 5.76. The molecule has 0 amide bonds. The molecule has 1 fully saturated rings. The van der Waals surface area contributed by atoms with E-state index in [-0.39, 0.29) is 19.0 Å². The maximum Gasteiger partial charge on any atom is 0.252 e. The second-order valence-electron chi connectivity index (χ2n) is 9.31. The highest BCUT2D eigenvalue weighted by Crippen LogP contribution is 2.31. The zero-order chi connectivity index (χ0) is 23.1. The normalized spacial score (nSPS) is 16.2. The first-order valence-electron chi connectivity index (χ1n) is 11.9. The summed E-state index contributed by atoms with van der Waals surface area (Å²) in [6, 6.07) is 20.3. The smallest absolute Gasteiger partial charge is 0.252 e. The van der Waals surface area contributed by atoms with Crippen molar-refractivity contribution in [2.45, 2.75) is 26.3 Å². The van der Waals surface area contributed by atoms with Crippen molar-refractivity contribution in [2.75, 3.05) is 43.4 Å². The van der Waals surface area contributed by atoms with E-state index in [0.29, 0.717) is 11.6 Å². The third-order valence-electron chi connectivity index (χ3n) is 7.05. The van der Waals surface area contributed by atoms with Crippen molar-refractivity contribution in [3.05, 3.63) is 88.3 Å². The fraction of sp³-hybridized carbons (Fsp3) is 0.321. The highest BCUT2D eigenvalue weighted by atomic mass is 16.1. The molecule has 2 aliphatic rings. The Bertz CT molecular complexity index is 1360. The Balaban J connectivity index is 0.00000253. The minimum absolute atomic E-state index is 0. The number of rotatable bonds is 4. The molecule has 3 heterocycles. The van der Waals surface area contributed by atoms with Crippen molar-refractivity contribution in [1.82, 2.24) is 19.4 Å². The fourth-order valence-corrected chi connectivity index (χ4v) is 5.12. The van der Waals surface area contributed by atoms with Gasteiger partial charge >= 0.3 is 0 Å². The summed E-state index contributed by atoms with van der Waals surface area (Å²) in [5.41, 5.74) is 5.43. The first-order chi connectivity index (χ1) is 16.6. The molecular formula is C28H32N6O. The quantitative estimate of drug-likeness (QED) is 0.483. The van der Waals surface area contributed by atoms with Gasteiger partial charge in [-0.05, 0) is 61.3 Å². The number of hydrogen-bond donors (Lipinski definition) is 1. The number of anilines is 3. The van der Waals surface area contributed by atoms with E-state index in [9.17, 15) is 4.79 Å². The molecule has 0 bridgehead atoms. The number of benzene rings is 2. The lowest BCUT2D eigenvalue weighted by Gasteiger charge is -2.34. The van der Waals surface area contributed by atoms with Gasteiger partial charge in [0, 0.05) is 61.2 Å². The molecule has 0 saturated carbocycles. The SMILES string of the molecule is C.CN1CCN(c2ccc(Nc3ncc4ccc(=O)n(C5Cc6ccccc6C5)c4n3)cc2)CC1. The zero-order valence-corrected chi connectivity index (χ0v) is 19.3. The predicted molar refractivity (Wildman–Crippen MR) is 143 cm³/mol. The van der Waals surface area contributed by atoms with Crippen LogP contribution in [0, 0.1) is 0 Å². The number of hydrogen-bond acceptors (Lipinski definition) is 6. The van der Waals surface area contributed by atoms with Crippen LogP contribution in [0.3, 0.4) is 0 Å². The van der Waals surface area contributed by atoms with Crippen LogP contribution in [0.25, 0.3) is 11.0 Å². The summed E-state index contributed by atoms with van der Waals surface area (Å²) in [7, 11) is 2.17. The third-order valence-corrected chi connectivity index (χ3v) is 7.05. The molecule has 4 aromatic rings. The van der Waals surface area contributed by atoms with Gasteiger partial charge in [0.1, 0.15) is 5.65 Å². The molecule has 2 aromatic heterocycles. The number of piperazine rings is 1. The van der Waals surface area contributed by atoms with Crippen LogP contribution in [0.15, 0.2) is 71.7 Å². The van der Waals surface area contributed by atoms with E-state index in [1.54, 1.807) is 12.3 Å². The second-order valence-corrected chi connectivity index (χ2v) is 9.31. The van der Waals surface area contributed by atoms with Crippen molar-refractivity contribution in [3.63, 3.8) is 0 Å². The van der Waals surface area contributed by atoms with Crippen molar-refractivity contribution < 1.29 is 0 Å². The number of likely N-dealkylation sites (N-methyl/N-ethyl adjacent to an activating group) is 1. The number of aromatic nitrogens is 3. The lowest BCUT2D eigenvalue weighted by molar-refractivity contribution is 0.313. The lowest BCUT2D eigenvalue weighted by Crippen LogP contribution is -2.44. The molecule has 7 nitrogen and oxygen atoms in total. The first-order valence-corrected chi connectivity index (χ1v) is 11.9. The Morgan fingerprint density at radius 2 is 1.57 bits per heavy atom. The van der Waals surface area contributed by atoms with Gasteiger partial charge in [-0.15, -0.1) is 0 Å². The van der Waals surface area contributed by atoms with Crippen molar-refractivity contribution in [1.29, 1.82) is 0 Å². The molecule has 0 radical (unpaired) electrons. The topological polar surface area (TPSA) is 66.3 Å². The van der Waals surface area contributed by atoms with Gasteiger partial charge < -0.3 is 15.1 Å². The third kappa shape index (κ3) is 4.51. The van der Waals surface area contributed by atoms with E-state index in [1.165, 1.54) is 16.8 Å². The Morgan fingerprint density at radius 3 is 2.26 bits per heavy atom. The van der Waals surface area contributed by atoms with E-state index in [2.05, 4.69) is 75.7 Å². The summed E-state index contributed by atoms with van der Waals surface area (Å²) < 4.78 is 1.85. The summed E-state index contributed by atoms with van der Waals surface area (Å²) in [6.45, 7) is 4.25. The molecule has 1 aliphatic carbocycles. The summed E-state index contributed by atoms with van der Waals surface area (Å²) >= 11 is 0. The van der Waals surface area contributed by atoms with Gasteiger partial charge in [-0.3, -0.25) is 9.36 Å². The molecule has 1 aliphatic heterocycles. The van der Waals surface area contributed by atoms with E-state index in [4.69, 9.17) is 4.98 Å². The second kappa shape index (κ2) is 9.50. The Labute approximate surface area is 206 Å². The molecule has 1 saturated heterocycles. The number of nitrogens with one attached hydrogen (secondary N) is 1. The van der Waals surface area contributed by atoms with E-state index >= 15 is 0 Å². The first kappa shape index (κ1) is 23.1. The molecule has 0 atom stereocenters. The molecule has 7 heteroatoms. The van der Waals surface area contributed by atoms with Gasteiger partial charge in [-0.2, -0.15) is 4.98 Å². The minimum atomic E-state index is -0.0218. The maximum atomic E-state index is 12.9. The van der Waals surface area contributed by atoms with Crippen LogP contribution in [-0.4, -0.2) is 52.7 Å². The largest absolute Gasteiger partial charge is 0.369 e. The van der Waals surface area contributed by atoms with Gasteiger partial charge in [0.2, 0.25) is 5.95 Å². The van der Waals surface area contributed by atoms with Gasteiger partial charge in [0.15, 0.2) is 0 Å². The molecular weight excluding hydrogens is 436 g/mol. The van der Waals surface area contributed by atoms with Crippen molar-refractivity contribution >= 4 is 28.4 Å². The minimum Gasteiger partial charge on any atom is -0.369 e. The summed E-state index contributed by atoms with van der Waals surface area (Å²) in [6.07, 6.45) is 3.48. The number of fused-ring (bicyclic) bond motifs is 2. The Hall–Kier alpha value is -3.71. The zero-order valence-electron chi connectivity index (χ0n) is 19.3. The molecule has 180 valence electrons. The molecule has 1 N–H and O–H groups in total. The molecule has 0 unspecified atom stereocenters. The predicted octanol–water partition coefficient (Wildman–Crippen LogP) is 4.26. The average molecular weight is 469 g/mol. The van der Waals surface area contributed by atoms with Crippen LogP contribution >= 0.6 is 0 Å². The van der Waals surface area contributed by atoms with Crippen molar-refractivity contribution in [3.8, 4) is 0 Å². The molecule has 35 heavy (non-hydrogen) atoms. The van der Waals surface area contributed by atoms with Gasteiger partial charge in [0.05, 0.1) is 0 Å². The summed E-state index contributed by atoms with van der Waals surface area (Å²) in [5.74, 6) is 0.495. The van der Waals surface area contributed by atoms with Gasteiger partial charge in [0.25, 0.3) is 5.56 Å².